The maximum absolute atomic E-state index is 10.8. The second-order valence-electron chi connectivity index (χ2n) is 7.06. The summed E-state index contributed by atoms with van der Waals surface area (Å²) in [5.74, 6) is 0. The van der Waals surface area contributed by atoms with E-state index in [-0.39, 0.29) is 0 Å². The van der Waals surface area contributed by atoms with Crippen LogP contribution in [-0.4, -0.2) is 49.4 Å². The summed E-state index contributed by atoms with van der Waals surface area (Å²) in [4.78, 5) is 8.23. The second-order valence-corrected chi connectivity index (χ2v) is 9.49. The first-order valence-electron chi connectivity index (χ1n) is 11.0. The predicted octanol–water partition coefficient (Wildman–Crippen LogP) is 6.69. The topological polar surface area (TPSA) is 102 Å². The van der Waals surface area contributed by atoms with Crippen molar-refractivity contribution in [3.8, 4) is 0 Å². The molecule has 9 heteroatoms. The first-order chi connectivity index (χ1) is 14.1. The summed E-state index contributed by atoms with van der Waals surface area (Å²) in [6, 6.07) is 0. The normalized spacial score (nSPS) is 11.7. The van der Waals surface area contributed by atoms with E-state index < -0.39 is 16.1 Å². The summed E-state index contributed by atoms with van der Waals surface area (Å²) >= 11 is 0. The van der Waals surface area contributed by atoms with Crippen molar-refractivity contribution in [3.05, 3.63) is 0 Å². The van der Waals surface area contributed by atoms with Gasteiger partial charge in [0, 0.05) is 31.2 Å². The minimum absolute atomic E-state index is 0.350. The second kappa shape index (κ2) is 28.0. The zero-order valence-electron chi connectivity index (χ0n) is 18.6. The first kappa shape index (κ1) is 31.2. The van der Waals surface area contributed by atoms with Crippen LogP contribution in [0.1, 0.15) is 90.4 Å². The standard InChI is InChI=1S/C16H33O4P.C4H9O3P/c1-2-3-4-5-6-7-8-9-10-11-12-14-19-15-13-16-21(18)20-17;1-7-3-2-4-8(5)6/h2-16H2,1H3;2-4H2,1H3/p+2. The molecule has 0 heterocycles. The van der Waals surface area contributed by atoms with Crippen molar-refractivity contribution in [2.45, 2.75) is 90.4 Å². The SMILES string of the molecule is CCCCCCCCCCCCCOCCC[P+](=O)OO.COCCC[P+](=O)O. The third kappa shape index (κ3) is 32.9. The van der Waals surface area contributed by atoms with Crippen LogP contribution < -0.4 is 0 Å². The van der Waals surface area contributed by atoms with Crippen molar-refractivity contribution in [2.75, 3.05) is 39.3 Å². The molecule has 0 bridgehead atoms. The Hall–Kier alpha value is -0.0000000000000000208. The molecule has 0 saturated carbocycles. The van der Waals surface area contributed by atoms with Crippen molar-refractivity contribution < 1.29 is 33.4 Å². The zero-order chi connectivity index (χ0) is 22.0. The lowest BCUT2D eigenvalue weighted by molar-refractivity contribution is -0.130. The fourth-order valence-corrected chi connectivity index (χ4v) is 3.52. The molecule has 0 radical (unpaired) electrons. The highest BCUT2D eigenvalue weighted by Gasteiger charge is 2.15. The van der Waals surface area contributed by atoms with E-state index in [1.54, 1.807) is 7.11 Å². The molecule has 0 aliphatic carbocycles. The summed E-state index contributed by atoms with van der Waals surface area (Å²) in [7, 11) is -2.26. The zero-order valence-corrected chi connectivity index (χ0v) is 20.3. The van der Waals surface area contributed by atoms with E-state index in [2.05, 4.69) is 16.3 Å². The predicted molar refractivity (Wildman–Crippen MR) is 119 cm³/mol. The van der Waals surface area contributed by atoms with Gasteiger partial charge in [0.15, 0.2) is 12.3 Å². The molecule has 0 aromatic heterocycles. The number of hydrogen-bond acceptors (Lipinski definition) is 6. The van der Waals surface area contributed by atoms with Gasteiger partial charge in [0.25, 0.3) is 0 Å². The van der Waals surface area contributed by atoms with Crippen LogP contribution in [0.3, 0.4) is 0 Å². The quantitative estimate of drug-likeness (QED) is 0.0854. The fraction of sp³-hybridized carbons (Fsp3) is 1.00. The molecule has 7 nitrogen and oxygen atoms in total. The van der Waals surface area contributed by atoms with E-state index >= 15 is 0 Å². The molecule has 2 N–H and O–H groups in total. The number of rotatable bonds is 21. The van der Waals surface area contributed by atoms with Crippen molar-refractivity contribution in [3.63, 3.8) is 0 Å². The van der Waals surface area contributed by atoms with Crippen LogP contribution in [-0.2, 0) is 23.3 Å². The Balaban J connectivity index is 0. The summed E-state index contributed by atoms with van der Waals surface area (Å²) in [5, 5.41) is 8.13. The van der Waals surface area contributed by atoms with Crippen molar-refractivity contribution >= 4 is 16.1 Å². The van der Waals surface area contributed by atoms with Gasteiger partial charge < -0.3 is 9.47 Å². The van der Waals surface area contributed by atoms with E-state index in [1.807, 2.05) is 0 Å². The number of ether oxygens (including phenoxy) is 2. The van der Waals surface area contributed by atoms with Gasteiger partial charge >= 0.3 is 16.1 Å². The van der Waals surface area contributed by atoms with E-state index in [0.29, 0.717) is 38.4 Å². The number of methoxy groups -OCH3 is 1. The van der Waals surface area contributed by atoms with Gasteiger partial charge in [-0.1, -0.05) is 71.1 Å². The molecule has 0 fully saturated rings. The molecule has 0 spiro atoms. The average molecular weight is 459 g/mol. The Bertz CT molecular complexity index is 358. The largest absolute Gasteiger partial charge is 0.539 e. The van der Waals surface area contributed by atoms with Crippen LogP contribution in [0.5, 0.6) is 0 Å². The van der Waals surface area contributed by atoms with Gasteiger partial charge in [-0.2, -0.15) is 4.89 Å². The molecule has 174 valence electrons. The van der Waals surface area contributed by atoms with E-state index in [9.17, 15) is 9.13 Å². The van der Waals surface area contributed by atoms with Gasteiger partial charge in [-0.25, -0.2) is 5.26 Å². The van der Waals surface area contributed by atoms with Crippen molar-refractivity contribution in [1.82, 2.24) is 0 Å². The summed E-state index contributed by atoms with van der Waals surface area (Å²) < 4.78 is 34.6. The van der Waals surface area contributed by atoms with Crippen molar-refractivity contribution in [2.24, 2.45) is 0 Å². The lowest BCUT2D eigenvalue weighted by Gasteiger charge is -2.03. The highest BCUT2D eigenvalue weighted by molar-refractivity contribution is 7.38. The van der Waals surface area contributed by atoms with Gasteiger partial charge in [0.2, 0.25) is 0 Å². The van der Waals surface area contributed by atoms with Crippen molar-refractivity contribution in [1.29, 1.82) is 0 Å². The summed E-state index contributed by atoms with van der Waals surface area (Å²) in [6.07, 6.45) is 16.8. The molecular formula is C20H44O7P2+2. The van der Waals surface area contributed by atoms with Gasteiger partial charge in [0.05, 0.1) is 13.2 Å². The van der Waals surface area contributed by atoms with E-state index in [0.717, 1.165) is 13.0 Å². The smallest absolute Gasteiger partial charge is 0.385 e. The van der Waals surface area contributed by atoms with Crippen LogP contribution >= 0.6 is 16.1 Å². The lowest BCUT2D eigenvalue weighted by Crippen LogP contribution is -1.98. The number of hydrogen-bond donors (Lipinski definition) is 2. The monoisotopic (exact) mass is 458 g/mol. The molecule has 0 aromatic carbocycles. The van der Waals surface area contributed by atoms with Crippen LogP contribution in [0.4, 0.5) is 0 Å². The molecule has 2 unspecified atom stereocenters. The minimum atomic E-state index is -1.94. The van der Waals surface area contributed by atoms with Gasteiger partial charge in [-0.3, -0.25) is 0 Å². The van der Waals surface area contributed by atoms with Crippen LogP contribution in [0.2, 0.25) is 0 Å². The number of unbranched alkanes of at least 4 members (excludes halogenated alkanes) is 10. The summed E-state index contributed by atoms with van der Waals surface area (Å²) in [6.45, 7) is 4.21. The summed E-state index contributed by atoms with van der Waals surface area (Å²) in [5.41, 5.74) is 0. The molecule has 0 saturated heterocycles. The third-order valence-electron chi connectivity index (χ3n) is 4.31. The van der Waals surface area contributed by atoms with Gasteiger partial charge in [-0.15, -0.1) is 0 Å². The lowest BCUT2D eigenvalue weighted by atomic mass is 10.1. The molecule has 0 rings (SSSR count). The third-order valence-corrected chi connectivity index (χ3v) is 5.87. The highest BCUT2D eigenvalue weighted by Crippen LogP contribution is 2.20. The van der Waals surface area contributed by atoms with E-state index in [1.165, 1.54) is 64.2 Å². The van der Waals surface area contributed by atoms with Gasteiger partial charge in [-0.05, 0) is 15.6 Å². The Labute approximate surface area is 179 Å². The van der Waals surface area contributed by atoms with Crippen LogP contribution in [0, 0.1) is 0 Å². The minimum Gasteiger partial charge on any atom is -0.385 e. The Morgan fingerprint density at radius 3 is 1.66 bits per heavy atom. The maximum Gasteiger partial charge on any atom is 0.539 e. The highest BCUT2D eigenvalue weighted by atomic mass is 31.1. The van der Waals surface area contributed by atoms with Crippen LogP contribution in [0.25, 0.3) is 0 Å². The molecular weight excluding hydrogens is 414 g/mol. The Kier molecular flexibility index (Phi) is 30.1. The molecule has 0 aromatic rings. The Morgan fingerprint density at radius 2 is 1.17 bits per heavy atom. The first-order valence-corrected chi connectivity index (χ1v) is 13.8. The maximum atomic E-state index is 10.8. The molecule has 0 amide bonds. The van der Waals surface area contributed by atoms with Gasteiger partial charge in [0.1, 0.15) is 0 Å². The van der Waals surface area contributed by atoms with Crippen LogP contribution in [0.15, 0.2) is 0 Å². The molecule has 0 aliphatic heterocycles. The fourth-order valence-electron chi connectivity index (χ4n) is 2.65. The molecule has 0 aliphatic rings. The Morgan fingerprint density at radius 1 is 0.690 bits per heavy atom. The average Bonchev–Trinajstić information content (AvgIpc) is 2.71. The molecule has 29 heavy (non-hydrogen) atoms. The molecule has 2 atom stereocenters. The van der Waals surface area contributed by atoms with E-state index in [4.69, 9.17) is 14.9 Å².